The van der Waals surface area contributed by atoms with Crippen LogP contribution in [0.3, 0.4) is 0 Å². The molecule has 16 aromatic carbocycles. The van der Waals surface area contributed by atoms with Gasteiger partial charge in [-0.05, 0) is 146 Å². The van der Waals surface area contributed by atoms with E-state index in [1.807, 2.05) is 146 Å². The molecule has 0 fully saturated rings. The second-order valence-electron chi connectivity index (χ2n) is 34.9. The van der Waals surface area contributed by atoms with Crippen LogP contribution < -0.4 is 0 Å². The van der Waals surface area contributed by atoms with E-state index in [4.69, 9.17) is 80.7 Å². The summed E-state index contributed by atoms with van der Waals surface area (Å²) in [6.07, 6.45) is 6.29. The average Bonchev–Trinajstić information content (AvgIpc) is 0.739. The second-order valence-corrected chi connectivity index (χ2v) is 34.9. The number of nitrogens with zero attached hydrogens (tertiary/aromatic N) is 8. The molecule has 4 heterocycles. The van der Waals surface area contributed by atoms with Gasteiger partial charge in [-0.25, -0.2) is 0 Å². The Labute approximate surface area is 860 Å². The van der Waals surface area contributed by atoms with Gasteiger partial charge in [0.2, 0.25) is 0 Å². The Morgan fingerprint density at radius 1 is 0.261 bits per heavy atom. The Kier molecular flexibility index (Phi) is 41.7. The summed E-state index contributed by atoms with van der Waals surface area (Å²) in [6, 6.07) is 96.0. The topological polar surface area (TPSA) is 305 Å². The number of aliphatic hydroxyl groups excluding tert-OH is 10. The third kappa shape index (κ3) is 27.6. The van der Waals surface area contributed by atoms with Crippen LogP contribution in [0, 0.1) is 65.8 Å². The van der Waals surface area contributed by atoms with Gasteiger partial charge in [-0.3, -0.25) is 19.9 Å². The SMILES string of the molecule is CC(O)CC(C)O.CC(O)CC(C)O.CC(O)CC(C)O.CC(O)CC(C)O.Cc1[c-]c2c(cc1)c1ccc(C)cc1c1nc(-c3ccccc3)cnc21.Cc1c[c-]c2c(c1)c1cc(C)ccc1c1nc(-c3ccccc3)cnc21.Cc1cc[c-]c2c3ncc(-c4ccccc4)nc3c3cccc(C)c3c12.OCc1cc2c3ccc[c-]c3c3ncc(-c4ccccc4)nc3c2cc1CO.[Ir].[Ir].[Ir].[Ir]. The monoisotopic (exact) mass is 2550 g/mol. The van der Waals surface area contributed by atoms with E-state index < -0.39 is 0 Å². The first-order valence-electron chi connectivity index (χ1n) is 45.4. The minimum absolute atomic E-state index is 0. The molecule has 4 radical (unpaired) electrons. The molecule has 18 nitrogen and oxygen atoms in total. The Balaban J connectivity index is 0.000000187. The average molecular weight is 2550 g/mol. The summed E-state index contributed by atoms with van der Waals surface area (Å²) in [5.41, 5.74) is 23.5. The van der Waals surface area contributed by atoms with Crippen LogP contribution in [0.25, 0.3) is 175 Å². The quantitative estimate of drug-likeness (QED) is 0.0357. The predicted octanol–water partition coefficient (Wildman–Crippen LogP) is 23.0. The van der Waals surface area contributed by atoms with Gasteiger partial charge in [0.15, 0.2) is 0 Å². The van der Waals surface area contributed by atoms with Crippen LogP contribution in [0.2, 0.25) is 0 Å². The molecule has 8 atom stereocenters. The normalized spacial score (nSPS) is 12.6. The van der Waals surface area contributed by atoms with Gasteiger partial charge in [-0.2, -0.15) is 0 Å². The van der Waals surface area contributed by atoms with Crippen LogP contribution in [0.4, 0.5) is 0 Å². The molecule has 22 heteroatoms. The molecule has 0 saturated carbocycles. The van der Waals surface area contributed by atoms with Crippen molar-refractivity contribution < 1.29 is 131 Å². The molecule has 0 saturated heterocycles. The fourth-order valence-electron chi connectivity index (χ4n) is 16.8. The number of aryl methyl sites for hydroxylation is 6. The molecular weight excluding hydrogens is 2430 g/mol. The van der Waals surface area contributed by atoms with E-state index >= 15 is 0 Å². The number of hydrogen-bond donors (Lipinski definition) is 10. The van der Waals surface area contributed by atoms with Crippen molar-refractivity contribution in [3.63, 3.8) is 0 Å². The number of rotatable bonds is 14. The van der Waals surface area contributed by atoms with E-state index in [0.29, 0.717) is 36.8 Å². The molecule has 20 aromatic rings. The molecule has 10 N–H and O–H groups in total. The molecular formula is C116H116Ir4N8O10-4. The van der Waals surface area contributed by atoms with Gasteiger partial charge >= 0.3 is 0 Å². The molecule has 138 heavy (non-hydrogen) atoms. The molecule has 0 aliphatic heterocycles. The summed E-state index contributed by atoms with van der Waals surface area (Å²) in [6.45, 7) is 25.7. The van der Waals surface area contributed by atoms with Crippen molar-refractivity contribution >= 4 is 130 Å². The standard InChI is InChI=1S/C24H17N2O2.3C24H17N2.4C5H12O2.4Ir/c27-13-16-10-20-18-8-4-5-9-19(18)23-24(21(20)11-17(16)14-28)26-22(12-25-23)15-6-2-1-3-7-15;1-15-8-6-12-18-21(15)22-16(2)9-7-13-19(22)24-23(18)25-14-20(26-24)17-10-4-3-5-11-17;1-15-8-10-18-20(12-15)21-13-16(2)9-11-19(21)24-23(18)25-14-22(26-24)17-6-4-3-5-7-17;1-15-8-10-18-19-11-9-16(2)13-21(19)24-23(20(18)12-15)25-14-22(26-24)17-6-4-3-5-7-17;4*1-4(6)3-5(2)7;;;;/h1-8,10-12,27-28H,13-14H2;3-11,13-14H,1-2H3;3-9,11-14H,1-2H3;3-11,13-14H,1-2H3;4*4-7H,3H2,1-2H3;;;;/q4*-1;;;;;;;;. The summed E-state index contributed by atoms with van der Waals surface area (Å²) < 4.78 is 0. The van der Waals surface area contributed by atoms with Gasteiger partial charge in [-0.15, -0.1) is 117 Å². The molecule has 20 rings (SSSR count). The predicted molar refractivity (Wildman–Crippen MR) is 547 cm³/mol. The third-order valence-electron chi connectivity index (χ3n) is 22.7. The maximum Gasteiger partial charge on any atom is 0.0873 e. The van der Waals surface area contributed by atoms with Crippen LogP contribution in [0.15, 0.2) is 267 Å². The van der Waals surface area contributed by atoms with Gasteiger partial charge < -0.3 is 71.0 Å². The summed E-state index contributed by atoms with van der Waals surface area (Å²) in [5, 5.41) is 106. The van der Waals surface area contributed by atoms with Gasteiger partial charge in [-0.1, -0.05) is 257 Å². The molecule has 0 amide bonds. The summed E-state index contributed by atoms with van der Waals surface area (Å²) in [5.74, 6) is 0. The minimum atomic E-state index is -0.375. The minimum Gasteiger partial charge on any atom is -0.393 e. The smallest absolute Gasteiger partial charge is 0.0873 e. The van der Waals surface area contributed by atoms with E-state index in [2.05, 4.69) is 181 Å². The molecule has 0 aliphatic carbocycles. The summed E-state index contributed by atoms with van der Waals surface area (Å²) in [7, 11) is 0. The molecule has 4 aromatic heterocycles. The third-order valence-corrected chi connectivity index (χ3v) is 22.7. The molecule has 8 unspecified atom stereocenters. The van der Waals surface area contributed by atoms with Gasteiger partial charge in [0.25, 0.3) is 0 Å². The summed E-state index contributed by atoms with van der Waals surface area (Å²) >= 11 is 0. The van der Waals surface area contributed by atoms with Gasteiger partial charge in [0.05, 0.1) is 107 Å². The fourth-order valence-corrected chi connectivity index (χ4v) is 16.8. The number of aromatic nitrogens is 8. The molecule has 720 valence electrons. The number of hydrogen-bond acceptors (Lipinski definition) is 18. The van der Waals surface area contributed by atoms with Crippen LogP contribution in [-0.4, -0.2) is 140 Å². The molecule has 0 aliphatic rings. The van der Waals surface area contributed by atoms with Gasteiger partial charge in [0, 0.05) is 150 Å². The Morgan fingerprint density at radius 2 is 0.594 bits per heavy atom. The molecule has 0 bridgehead atoms. The van der Waals surface area contributed by atoms with Crippen LogP contribution in [0.1, 0.15) is 126 Å². The Morgan fingerprint density at radius 3 is 1.02 bits per heavy atom. The van der Waals surface area contributed by atoms with Crippen molar-refractivity contribution in [3.8, 4) is 45.0 Å². The second kappa shape index (κ2) is 51.9. The zero-order valence-corrected chi connectivity index (χ0v) is 89.2. The van der Waals surface area contributed by atoms with Crippen LogP contribution in [-0.2, 0) is 93.6 Å². The molecule has 0 spiro atoms. The van der Waals surface area contributed by atoms with Crippen molar-refractivity contribution in [1.29, 1.82) is 0 Å². The first-order chi connectivity index (χ1) is 64.4. The Hall–Kier alpha value is -10.8. The maximum atomic E-state index is 9.77. The van der Waals surface area contributed by atoms with Crippen molar-refractivity contribution in [2.45, 2.75) is 185 Å². The zero-order chi connectivity index (χ0) is 95.6. The number of benzene rings is 16. The fraction of sp³-hybridized carbons (Fsp3) is 0.241. The van der Waals surface area contributed by atoms with Crippen molar-refractivity contribution in [1.82, 2.24) is 39.9 Å². The van der Waals surface area contributed by atoms with E-state index in [1.165, 1.54) is 60.1 Å². The summed E-state index contributed by atoms with van der Waals surface area (Å²) in [4.78, 5) is 39.1. The van der Waals surface area contributed by atoms with E-state index in [9.17, 15) is 10.2 Å². The van der Waals surface area contributed by atoms with Crippen LogP contribution >= 0.6 is 0 Å². The van der Waals surface area contributed by atoms with E-state index in [-0.39, 0.29) is 142 Å². The van der Waals surface area contributed by atoms with Gasteiger partial charge in [0.1, 0.15) is 0 Å². The largest absolute Gasteiger partial charge is 0.393 e. The van der Waals surface area contributed by atoms with Crippen molar-refractivity contribution in [2.24, 2.45) is 0 Å². The zero-order valence-electron chi connectivity index (χ0n) is 79.6. The Bertz CT molecular complexity index is 7310. The number of fused-ring (bicyclic) bond motifs is 24. The van der Waals surface area contributed by atoms with E-state index in [0.717, 1.165) is 149 Å². The van der Waals surface area contributed by atoms with Crippen LogP contribution in [0.5, 0.6) is 0 Å². The first-order valence-corrected chi connectivity index (χ1v) is 45.4. The maximum absolute atomic E-state index is 9.77. The van der Waals surface area contributed by atoms with E-state index in [1.54, 1.807) is 61.6 Å². The van der Waals surface area contributed by atoms with Crippen molar-refractivity contribution in [2.75, 3.05) is 0 Å². The number of aliphatic hydroxyl groups is 10. The van der Waals surface area contributed by atoms with Crippen molar-refractivity contribution in [3.05, 3.63) is 336 Å². The first kappa shape index (κ1) is 111.